The molecule has 1 N–H and O–H groups in total. The number of hydrogen-bond acceptors (Lipinski definition) is 7. The normalized spacial score (nSPS) is 19.8. The van der Waals surface area contributed by atoms with Crippen LogP contribution in [0, 0.1) is 0 Å². The summed E-state index contributed by atoms with van der Waals surface area (Å²) in [5.41, 5.74) is 5.87. The monoisotopic (exact) mass is 563 g/mol. The fraction of sp³-hybridized carbons (Fsp3) is 0.375. The number of likely N-dealkylation sites (N-methyl/N-ethyl adjacent to an activating group) is 1. The van der Waals surface area contributed by atoms with Crippen LogP contribution in [0.1, 0.15) is 43.7 Å². The number of benzene rings is 2. The Morgan fingerprint density at radius 2 is 2.00 bits per heavy atom. The topological polar surface area (TPSA) is 97.5 Å². The fourth-order valence-electron chi connectivity index (χ4n) is 6.80. The quantitative estimate of drug-likeness (QED) is 0.372. The second-order valence-corrected chi connectivity index (χ2v) is 11.8. The van der Waals surface area contributed by atoms with Crippen LogP contribution in [-0.2, 0) is 23.3 Å². The summed E-state index contributed by atoms with van der Waals surface area (Å²) in [7, 11) is 0. The molecule has 10 heteroatoms. The lowest BCUT2D eigenvalue weighted by atomic mass is 9.86. The number of carbonyl (C=O) groups excluding carboxylic acids is 1. The number of fused-ring (bicyclic) bond motifs is 7. The van der Waals surface area contributed by atoms with Gasteiger partial charge in [0.2, 0.25) is 5.95 Å². The Labute approximate surface area is 243 Å². The van der Waals surface area contributed by atoms with Crippen molar-refractivity contribution in [2.75, 3.05) is 36.5 Å². The van der Waals surface area contributed by atoms with E-state index < -0.39 is 0 Å². The maximum atomic E-state index is 13.6. The van der Waals surface area contributed by atoms with Crippen molar-refractivity contribution in [1.29, 1.82) is 0 Å². The standard InChI is InChI=1S/C32H33N7O3/c1-2-36-18-21-15-22(7-9-25(21)32(20-36)11-12-32)34-31-33-17-24-29(35-31)39-23-8-10-27-26(16-23)37(28(40)19-42-27)13-5-3-4-6-14-38(39)30(24)41/h4,6-10,15-17H,2-3,5,11-14,18-20H2,1H3,(H,33,34,35)/b6-4-. The molecule has 0 saturated heterocycles. The molecule has 2 aromatic heterocycles. The van der Waals surface area contributed by atoms with Crippen molar-refractivity contribution in [2.45, 2.75) is 51.1 Å². The number of carbonyl (C=O) groups is 1. The lowest BCUT2D eigenvalue weighted by Crippen LogP contribution is -2.39. The molecule has 0 radical (unpaired) electrons. The Hall–Kier alpha value is -4.44. The number of hydrogen-bond donors (Lipinski definition) is 1. The molecule has 2 bridgehead atoms. The average Bonchev–Trinajstić information content (AvgIpc) is 3.71. The molecule has 0 atom stereocenters. The summed E-state index contributed by atoms with van der Waals surface area (Å²) in [6.07, 6.45) is 9.82. The van der Waals surface area contributed by atoms with Crippen LogP contribution < -0.4 is 20.5 Å². The molecule has 3 aliphatic heterocycles. The van der Waals surface area contributed by atoms with E-state index >= 15 is 0 Å². The van der Waals surface area contributed by atoms with Crippen molar-refractivity contribution in [3.05, 3.63) is 76.2 Å². The van der Waals surface area contributed by atoms with E-state index in [-0.39, 0.29) is 18.1 Å². The van der Waals surface area contributed by atoms with E-state index in [2.05, 4.69) is 46.4 Å². The Morgan fingerprint density at radius 1 is 1.10 bits per heavy atom. The van der Waals surface area contributed by atoms with Gasteiger partial charge in [-0.1, -0.05) is 25.1 Å². The molecule has 1 aliphatic carbocycles. The van der Waals surface area contributed by atoms with Gasteiger partial charge in [0.05, 0.1) is 17.9 Å². The number of anilines is 3. The molecular weight excluding hydrogens is 530 g/mol. The molecule has 4 aliphatic rings. The lowest BCUT2D eigenvalue weighted by molar-refractivity contribution is -0.121. The van der Waals surface area contributed by atoms with Crippen LogP contribution in [0.2, 0.25) is 0 Å². The van der Waals surface area contributed by atoms with Gasteiger partial charge in [-0.2, -0.15) is 4.98 Å². The molecule has 42 heavy (non-hydrogen) atoms. The maximum Gasteiger partial charge on any atom is 0.278 e. The highest BCUT2D eigenvalue weighted by atomic mass is 16.5. The van der Waals surface area contributed by atoms with Crippen molar-refractivity contribution in [3.8, 4) is 11.4 Å². The molecule has 10 nitrogen and oxygen atoms in total. The summed E-state index contributed by atoms with van der Waals surface area (Å²) in [4.78, 5) is 40.1. The fourth-order valence-corrected chi connectivity index (χ4v) is 6.80. The first kappa shape index (κ1) is 25.3. The van der Waals surface area contributed by atoms with E-state index in [1.165, 1.54) is 24.0 Å². The van der Waals surface area contributed by atoms with Crippen LogP contribution in [0.25, 0.3) is 16.7 Å². The minimum atomic E-state index is -0.164. The first-order chi connectivity index (χ1) is 20.5. The minimum Gasteiger partial charge on any atom is -0.482 e. The van der Waals surface area contributed by atoms with E-state index in [1.807, 2.05) is 29.0 Å². The number of ether oxygens (including phenoxy) is 1. The van der Waals surface area contributed by atoms with Crippen molar-refractivity contribution in [3.63, 3.8) is 0 Å². The first-order valence-electron chi connectivity index (χ1n) is 14.9. The second kappa shape index (κ2) is 9.55. The van der Waals surface area contributed by atoms with Gasteiger partial charge in [-0.25, -0.2) is 14.3 Å². The molecule has 4 aromatic rings. The molecule has 214 valence electrons. The number of amides is 1. The first-order valence-corrected chi connectivity index (χ1v) is 14.9. The Morgan fingerprint density at radius 3 is 2.86 bits per heavy atom. The number of rotatable bonds is 3. The SMILES string of the molecule is CCN1Cc2cc(Nc3ncc4c(=O)n5n(c4n3)-c3ccc4c(c3)N(CCC/C=C\C5)C(=O)CO4)ccc2C2(CC2)C1. The third-order valence-corrected chi connectivity index (χ3v) is 9.16. The summed E-state index contributed by atoms with van der Waals surface area (Å²) in [6.45, 7) is 6.40. The maximum absolute atomic E-state index is 13.6. The zero-order chi connectivity index (χ0) is 28.4. The molecule has 0 unspecified atom stereocenters. The van der Waals surface area contributed by atoms with Gasteiger partial charge in [0.1, 0.15) is 11.1 Å². The summed E-state index contributed by atoms with van der Waals surface area (Å²) >= 11 is 0. The number of aromatic nitrogens is 4. The molecule has 1 spiro atoms. The zero-order valence-electron chi connectivity index (χ0n) is 23.7. The largest absolute Gasteiger partial charge is 0.482 e. The number of nitrogens with one attached hydrogen (secondary N) is 1. The minimum absolute atomic E-state index is 0.0295. The van der Waals surface area contributed by atoms with Gasteiger partial charge >= 0.3 is 0 Å². The van der Waals surface area contributed by atoms with Crippen LogP contribution in [0.3, 0.4) is 0 Å². The van der Waals surface area contributed by atoms with E-state index in [0.29, 0.717) is 46.9 Å². The highest BCUT2D eigenvalue weighted by Gasteiger charge is 2.48. The number of nitrogens with zero attached hydrogens (tertiary/aromatic N) is 6. The molecule has 1 fully saturated rings. The number of allylic oxidation sites excluding steroid dienone is 2. The van der Waals surface area contributed by atoms with Gasteiger partial charge in [0, 0.05) is 36.9 Å². The van der Waals surface area contributed by atoms with Gasteiger partial charge in [-0.15, -0.1) is 0 Å². The van der Waals surface area contributed by atoms with Crippen LogP contribution in [0.4, 0.5) is 17.3 Å². The van der Waals surface area contributed by atoms with Crippen molar-refractivity contribution >= 4 is 34.3 Å². The van der Waals surface area contributed by atoms with E-state index in [1.54, 1.807) is 15.8 Å². The molecule has 5 heterocycles. The van der Waals surface area contributed by atoms with Crippen LogP contribution in [0.5, 0.6) is 5.75 Å². The third kappa shape index (κ3) is 4.04. The summed E-state index contributed by atoms with van der Waals surface area (Å²) < 4.78 is 9.24. The predicted octanol–water partition coefficient (Wildman–Crippen LogP) is 4.27. The van der Waals surface area contributed by atoms with Crippen LogP contribution >= 0.6 is 0 Å². The van der Waals surface area contributed by atoms with E-state index in [4.69, 9.17) is 9.72 Å². The summed E-state index contributed by atoms with van der Waals surface area (Å²) in [5, 5.41) is 3.84. The highest BCUT2D eigenvalue weighted by Crippen LogP contribution is 2.52. The molecule has 1 amide bonds. The Balaban J connectivity index is 1.22. The highest BCUT2D eigenvalue weighted by molar-refractivity contribution is 5.98. The van der Waals surface area contributed by atoms with Crippen LogP contribution in [0.15, 0.2) is 59.5 Å². The molecule has 2 aromatic carbocycles. The van der Waals surface area contributed by atoms with Gasteiger partial charge < -0.3 is 15.0 Å². The Kier molecular flexibility index (Phi) is 5.75. The Bertz CT molecular complexity index is 1830. The molecular formula is C32H33N7O3. The summed E-state index contributed by atoms with van der Waals surface area (Å²) in [5.74, 6) is 1.02. The summed E-state index contributed by atoms with van der Waals surface area (Å²) in [6, 6.07) is 12.3. The van der Waals surface area contributed by atoms with Crippen molar-refractivity contribution in [2.24, 2.45) is 0 Å². The third-order valence-electron chi connectivity index (χ3n) is 9.16. The van der Waals surface area contributed by atoms with E-state index in [9.17, 15) is 9.59 Å². The molecule has 1 saturated carbocycles. The van der Waals surface area contributed by atoms with Gasteiger partial charge in [-0.05, 0) is 73.7 Å². The smallest absolute Gasteiger partial charge is 0.278 e. The van der Waals surface area contributed by atoms with Gasteiger partial charge in [0.15, 0.2) is 12.3 Å². The van der Waals surface area contributed by atoms with Gasteiger partial charge in [0.25, 0.3) is 11.5 Å². The predicted molar refractivity (Wildman–Crippen MR) is 161 cm³/mol. The lowest BCUT2D eigenvalue weighted by Gasteiger charge is -2.34. The van der Waals surface area contributed by atoms with Crippen molar-refractivity contribution in [1.82, 2.24) is 24.2 Å². The second-order valence-electron chi connectivity index (χ2n) is 11.8. The average molecular weight is 564 g/mol. The van der Waals surface area contributed by atoms with E-state index in [0.717, 1.165) is 43.9 Å². The molecule has 8 rings (SSSR count). The van der Waals surface area contributed by atoms with Crippen LogP contribution in [-0.4, -0.2) is 56.4 Å². The zero-order valence-corrected chi connectivity index (χ0v) is 23.7. The van der Waals surface area contributed by atoms with Crippen molar-refractivity contribution < 1.29 is 9.53 Å². The van der Waals surface area contributed by atoms with Gasteiger partial charge in [-0.3, -0.25) is 14.5 Å².